The maximum absolute atomic E-state index is 12.0. The number of ether oxygens (including phenoxy) is 3. The molecule has 2 N–H and O–H groups in total. The number of hydrazone groups is 1. The van der Waals surface area contributed by atoms with Crippen molar-refractivity contribution in [3.05, 3.63) is 47.0 Å². The lowest BCUT2D eigenvalue weighted by Gasteiger charge is -2.12. The number of nitrogens with zero attached hydrogens (tertiary/aromatic N) is 1. The second kappa shape index (κ2) is 9.40. The molecule has 0 radical (unpaired) electrons. The zero-order valence-corrected chi connectivity index (χ0v) is 16.5. The van der Waals surface area contributed by atoms with Crippen molar-refractivity contribution < 1.29 is 23.8 Å². The SMILES string of the molecule is COc1cc(/C=N\NC(=O)C(=O)Nc2cccc(C)c2C)cc(OC)c1OC. The number of methoxy groups -OCH3 is 3. The van der Waals surface area contributed by atoms with Gasteiger partial charge in [-0.3, -0.25) is 9.59 Å². The Labute approximate surface area is 163 Å². The van der Waals surface area contributed by atoms with Gasteiger partial charge in [0, 0.05) is 11.3 Å². The third kappa shape index (κ3) is 4.79. The summed E-state index contributed by atoms with van der Waals surface area (Å²) in [5.74, 6) is -0.357. The van der Waals surface area contributed by atoms with Gasteiger partial charge in [-0.1, -0.05) is 12.1 Å². The van der Waals surface area contributed by atoms with Crippen LogP contribution in [-0.4, -0.2) is 39.4 Å². The second-order valence-corrected chi connectivity index (χ2v) is 5.86. The van der Waals surface area contributed by atoms with E-state index in [-0.39, 0.29) is 0 Å². The second-order valence-electron chi connectivity index (χ2n) is 5.86. The molecule has 148 valence electrons. The summed E-state index contributed by atoms with van der Waals surface area (Å²) in [6.07, 6.45) is 1.37. The Balaban J connectivity index is 2.06. The molecular formula is C20H23N3O5. The van der Waals surface area contributed by atoms with Gasteiger partial charge in [-0.2, -0.15) is 5.10 Å². The summed E-state index contributed by atoms with van der Waals surface area (Å²) in [6.45, 7) is 3.79. The van der Waals surface area contributed by atoms with Crippen LogP contribution in [0.15, 0.2) is 35.4 Å². The molecule has 0 fully saturated rings. The minimum atomic E-state index is -0.885. The molecule has 28 heavy (non-hydrogen) atoms. The minimum absolute atomic E-state index is 0.444. The Kier molecular flexibility index (Phi) is 6.97. The third-order valence-electron chi connectivity index (χ3n) is 4.13. The summed E-state index contributed by atoms with van der Waals surface area (Å²) in [4.78, 5) is 24.0. The van der Waals surface area contributed by atoms with E-state index in [1.807, 2.05) is 19.9 Å². The van der Waals surface area contributed by atoms with Gasteiger partial charge in [-0.25, -0.2) is 5.43 Å². The van der Waals surface area contributed by atoms with Crippen LogP contribution in [0.3, 0.4) is 0 Å². The summed E-state index contributed by atoms with van der Waals surface area (Å²) >= 11 is 0. The van der Waals surface area contributed by atoms with Crippen molar-refractivity contribution in [2.24, 2.45) is 5.10 Å². The number of anilines is 1. The van der Waals surface area contributed by atoms with E-state index < -0.39 is 11.8 Å². The fourth-order valence-electron chi connectivity index (χ4n) is 2.46. The number of hydrogen-bond donors (Lipinski definition) is 2. The largest absolute Gasteiger partial charge is 0.493 e. The molecule has 8 heteroatoms. The van der Waals surface area contributed by atoms with Crippen molar-refractivity contribution in [3.63, 3.8) is 0 Å². The van der Waals surface area contributed by atoms with Gasteiger partial charge in [0.25, 0.3) is 0 Å². The van der Waals surface area contributed by atoms with E-state index in [1.54, 1.807) is 24.3 Å². The van der Waals surface area contributed by atoms with Crippen LogP contribution < -0.4 is 25.0 Å². The maximum Gasteiger partial charge on any atom is 0.329 e. The van der Waals surface area contributed by atoms with E-state index in [2.05, 4.69) is 15.8 Å². The van der Waals surface area contributed by atoms with Crippen LogP contribution in [0.4, 0.5) is 5.69 Å². The summed E-state index contributed by atoms with van der Waals surface area (Å²) in [5, 5.41) is 6.38. The lowest BCUT2D eigenvalue weighted by Crippen LogP contribution is -2.32. The molecule has 0 aliphatic carbocycles. The fourth-order valence-corrected chi connectivity index (χ4v) is 2.46. The molecule has 0 heterocycles. The van der Waals surface area contributed by atoms with E-state index in [0.29, 0.717) is 28.5 Å². The molecule has 8 nitrogen and oxygen atoms in total. The van der Waals surface area contributed by atoms with E-state index in [1.165, 1.54) is 27.5 Å². The number of hydrogen-bond acceptors (Lipinski definition) is 6. The molecule has 0 saturated carbocycles. The Morgan fingerprint density at radius 1 is 0.964 bits per heavy atom. The monoisotopic (exact) mass is 385 g/mol. The normalized spacial score (nSPS) is 10.5. The summed E-state index contributed by atoms with van der Waals surface area (Å²) in [6, 6.07) is 8.78. The number of rotatable bonds is 6. The van der Waals surface area contributed by atoms with Crippen molar-refractivity contribution in [1.29, 1.82) is 0 Å². The van der Waals surface area contributed by atoms with Gasteiger partial charge in [0.15, 0.2) is 11.5 Å². The lowest BCUT2D eigenvalue weighted by atomic mass is 10.1. The van der Waals surface area contributed by atoms with Crippen LogP contribution in [0.25, 0.3) is 0 Å². The molecule has 2 rings (SSSR count). The van der Waals surface area contributed by atoms with Gasteiger partial charge in [0.05, 0.1) is 27.5 Å². The first-order valence-corrected chi connectivity index (χ1v) is 8.41. The predicted molar refractivity (Wildman–Crippen MR) is 106 cm³/mol. The maximum atomic E-state index is 12.0. The summed E-state index contributed by atoms with van der Waals surface area (Å²) < 4.78 is 15.8. The van der Waals surface area contributed by atoms with Crippen molar-refractivity contribution in [1.82, 2.24) is 5.43 Å². The number of carbonyl (C=O) groups is 2. The highest BCUT2D eigenvalue weighted by Crippen LogP contribution is 2.37. The van der Waals surface area contributed by atoms with Crippen molar-refractivity contribution in [3.8, 4) is 17.2 Å². The van der Waals surface area contributed by atoms with Crippen molar-refractivity contribution in [2.45, 2.75) is 13.8 Å². The number of nitrogens with one attached hydrogen (secondary N) is 2. The third-order valence-corrected chi connectivity index (χ3v) is 4.13. The number of aryl methyl sites for hydroxylation is 1. The minimum Gasteiger partial charge on any atom is -0.493 e. The molecule has 0 saturated heterocycles. The summed E-state index contributed by atoms with van der Waals surface area (Å²) in [5.41, 5.74) is 5.27. The van der Waals surface area contributed by atoms with Gasteiger partial charge in [0.1, 0.15) is 0 Å². The Morgan fingerprint density at radius 2 is 1.61 bits per heavy atom. The van der Waals surface area contributed by atoms with E-state index in [4.69, 9.17) is 14.2 Å². The molecule has 0 unspecified atom stereocenters. The number of benzene rings is 2. The number of amides is 2. The Hall–Kier alpha value is -3.55. The molecule has 0 aromatic heterocycles. The summed E-state index contributed by atoms with van der Waals surface area (Å²) in [7, 11) is 4.50. The zero-order valence-electron chi connectivity index (χ0n) is 16.5. The van der Waals surface area contributed by atoms with Gasteiger partial charge < -0.3 is 19.5 Å². The molecule has 0 atom stereocenters. The quantitative estimate of drug-likeness (QED) is 0.452. The van der Waals surface area contributed by atoms with Crippen molar-refractivity contribution in [2.75, 3.05) is 26.6 Å². The Bertz CT molecular complexity index is 884. The molecule has 2 aromatic rings. The topological polar surface area (TPSA) is 98.2 Å². The first kappa shape index (κ1) is 20.8. The number of carbonyl (C=O) groups excluding carboxylic acids is 2. The van der Waals surface area contributed by atoms with Crippen LogP contribution in [0, 0.1) is 13.8 Å². The van der Waals surface area contributed by atoms with Gasteiger partial charge >= 0.3 is 11.8 Å². The van der Waals surface area contributed by atoms with E-state index >= 15 is 0 Å². The molecular weight excluding hydrogens is 362 g/mol. The zero-order chi connectivity index (χ0) is 20.7. The highest BCUT2D eigenvalue weighted by atomic mass is 16.5. The molecule has 0 spiro atoms. The highest BCUT2D eigenvalue weighted by molar-refractivity contribution is 6.39. The van der Waals surface area contributed by atoms with Gasteiger partial charge in [-0.15, -0.1) is 0 Å². The highest BCUT2D eigenvalue weighted by Gasteiger charge is 2.15. The van der Waals surface area contributed by atoms with Gasteiger partial charge in [-0.05, 0) is 43.2 Å². The van der Waals surface area contributed by atoms with Crippen molar-refractivity contribution >= 4 is 23.7 Å². The molecule has 0 aliphatic heterocycles. The average Bonchev–Trinajstić information content (AvgIpc) is 2.70. The van der Waals surface area contributed by atoms with Crippen LogP contribution in [-0.2, 0) is 9.59 Å². The fraction of sp³-hybridized carbons (Fsp3) is 0.250. The van der Waals surface area contributed by atoms with Crippen LogP contribution in [0.2, 0.25) is 0 Å². The van der Waals surface area contributed by atoms with Crippen LogP contribution >= 0.6 is 0 Å². The molecule has 0 bridgehead atoms. The average molecular weight is 385 g/mol. The lowest BCUT2D eigenvalue weighted by molar-refractivity contribution is -0.136. The first-order chi connectivity index (χ1) is 13.4. The van der Waals surface area contributed by atoms with E-state index in [0.717, 1.165) is 11.1 Å². The molecule has 2 aromatic carbocycles. The first-order valence-electron chi connectivity index (χ1n) is 8.41. The Morgan fingerprint density at radius 3 is 2.18 bits per heavy atom. The molecule has 0 aliphatic rings. The van der Waals surface area contributed by atoms with Crippen LogP contribution in [0.5, 0.6) is 17.2 Å². The standard InChI is InChI=1S/C20H23N3O5/c1-12-7-6-8-15(13(12)2)22-19(24)20(25)23-21-11-14-9-16(26-3)18(28-5)17(10-14)27-4/h6-11H,1-5H3,(H,22,24)(H,23,25)/b21-11-. The smallest absolute Gasteiger partial charge is 0.329 e. The molecule has 2 amide bonds. The van der Waals surface area contributed by atoms with Crippen LogP contribution in [0.1, 0.15) is 16.7 Å². The van der Waals surface area contributed by atoms with E-state index in [9.17, 15) is 9.59 Å². The van der Waals surface area contributed by atoms with Gasteiger partial charge in [0.2, 0.25) is 5.75 Å². The predicted octanol–water partition coefficient (Wildman–Crippen LogP) is 2.42.